The molecule has 0 N–H and O–H groups in total. The summed E-state index contributed by atoms with van der Waals surface area (Å²) in [5.74, 6) is 0.138. The van der Waals surface area contributed by atoms with Crippen molar-refractivity contribution in [2.45, 2.75) is 25.4 Å². The zero-order valence-electron chi connectivity index (χ0n) is 18.9. The molecule has 1 amide bonds. The largest absolute Gasteiger partial charge is 0.497 e. The molecule has 0 unspecified atom stereocenters. The number of carbonyl (C=O) groups is 1. The molecule has 176 valence electrons. The quantitative estimate of drug-likeness (QED) is 0.362. The highest BCUT2D eigenvalue weighted by Gasteiger charge is 2.30. The fraction of sp³-hybridized carbons (Fsp3) is 0.269. The number of piperidine rings is 1. The highest BCUT2D eigenvalue weighted by molar-refractivity contribution is 6.06. The fourth-order valence-corrected chi connectivity index (χ4v) is 4.37. The van der Waals surface area contributed by atoms with E-state index in [0.29, 0.717) is 55.0 Å². The molecule has 4 rings (SSSR count). The van der Waals surface area contributed by atoms with E-state index < -0.39 is 0 Å². The molecule has 7 nitrogen and oxygen atoms in total. The maximum Gasteiger partial charge on any atom is 0.273 e. The Morgan fingerprint density at radius 2 is 1.71 bits per heavy atom. The first-order valence-electron chi connectivity index (χ1n) is 11.1. The average molecular weight is 464 g/mol. The standard InChI is InChI=1S/C26H26FN3O4/c1-34-24-12-6-19(7-13-24)26(31)29(22-10-8-21(27)9-11-22)23-14-16-28(17-15-23)18-20-4-2-3-5-25(20)30(32)33/h2-13,23H,14-18H2,1H3. The van der Waals surface area contributed by atoms with Gasteiger partial charge in [0.05, 0.1) is 12.0 Å². The summed E-state index contributed by atoms with van der Waals surface area (Å²) in [6.45, 7) is 1.85. The molecule has 34 heavy (non-hydrogen) atoms. The van der Waals surface area contributed by atoms with E-state index in [1.807, 2.05) is 0 Å². The lowest BCUT2D eigenvalue weighted by Gasteiger charge is -2.38. The molecule has 1 aliphatic rings. The van der Waals surface area contributed by atoms with Gasteiger partial charge in [-0.25, -0.2) is 4.39 Å². The van der Waals surface area contributed by atoms with Crippen molar-refractivity contribution >= 4 is 17.3 Å². The Kier molecular flexibility index (Phi) is 7.18. The highest BCUT2D eigenvalue weighted by Crippen LogP contribution is 2.28. The van der Waals surface area contributed by atoms with Gasteiger partial charge in [-0.1, -0.05) is 18.2 Å². The van der Waals surface area contributed by atoms with E-state index in [4.69, 9.17) is 4.74 Å². The number of likely N-dealkylation sites (tertiary alicyclic amines) is 1. The molecule has 3 aromatic rings. The summed E-state index contributed by atoms with van der Waals surface area (Å²) in [6, 6.07) is 19.6. The Balaban J connectivity index is 1.52. The minimum atomic E-state index is -0.361. The van der Waals surface area contributed by atoms with E-state index in [1.165, 1.54) is 18.2 Å². The van der Waals surface area contributed by atoms with E-state index in [1.54, 1.807) is 66.6 Å². The summed E-state index contributed by atoms with van der Waals surface area (Å²) >= 11 is 0. The van der Waals surface area contributed by atoms with Crippen LogP contribution in [0.2, 0.25) is 0 Å². The summed E-state index contributed by atoms with van der Waals surface area (Å²) < 4.78 is 18.8. The number of nitro groups is 1. The van der Waals surface area contributed by atoms with E-state index in [-0.39, 0.29) is 28.4 Å². The molecule has 0 atom stereocenters. The minimum absolute atomic E-state index is 0.0814. The zero-order chi connectivity index (χ0) is 24.1. The molecule has 1 aliphatic heterocycles. The van der Waals surface area contributed by atoms with Gasteiger partial charge < -0.3 is 9.64 Å². The lowest BCUT2D eigenvalue weighted by atomic mass is 10.00. The SMILES string of the molecule is COc1ccc(C(=O)N(c2ccc(F)cc2)C2CCN(Cc3ccccc3[N+](=O)[O-])CC2)cc1. The van der Waals surface area contributed by atoms with Crippen LogP contribution in [-0.2, 0) is 6.54 Å². The Morgan fingerprint density at radius 3 is 2.32 bits per heavy atom. The molecule has 0 aliphatic carbocycles. The number of para-hydroxylation sites is 1. The average Bonchev–Trinajstić information content (AvgIpc) is 2.86. The number of rotatable bonds is 7. The number of halogens is 1. The summed E-state index contributed by atoms with van der Waals surface area (Å²) in [5.41, 5.74) is 1.95. The van der Waals surface area contributed by atoms with Crippen LogP contribution in [0.25, 0.3) is 0 Å². The van der Waals surface area contributed by atoms with E-state index >= 15 is 0 Å². The second-order valence-electron chi connectivity index (χ2n) is 8.27. The molecule has 0 aromatic heterocycles. The molecule has 1 saturated heterocycles. The fourth-order valence-electron chi connectivity index (χ4n) is 4.37. The van der Waals surface area contributed by atoms with Crippen molar-refractivity contribution in [3.63, 3.8) is 0 Å². The lowest BCUT2D eigenvalue weighted by molar-refractivity contribution is -0.385. The van der Waals surface area contributed by atoms with Crippen LogP contribution in [0.15, 0.2) is 72.8 Å². The summed E-state index contributed by atoms with van der Waals surface area (Å²) in [4.78, 5) is 28.4. The van der Waals surface area contributed by atoms with Gasteiger partial charge in [-0.2, -0.15) is 0 Å². The molecule has 1 heterocycles. The second kappa shape index (κ2) is 10.4. The van der Waals surface area contributed by atoms with Crippen molar-refractivity contribution in [2.24, 2.45) is 0 Å². The normalized spacial score (nSPS) is 14.5. The first kappa shape index (κ1) is 23.4. The van der Waals surface area contributed by atoms with Gasteiger partial charge in [0.2, 0.25) is 0 Å². The van der Waals surface area contributed by atoms with Crippen LogP contribution in [0.1, 0.15) is 28.8 Å². The van der Waals surface area contributed by atoms with E-state index in [0.717, 1.165) is 0 Å². The Hall–Kier alpha value is -3.78. The van der Waals surface area contributed by atoms with Crippen molar-refractivity contribution in [1.82, 2.24) is 4.90 Å². The van der Waals surface area contributed by atoms with Gasteiger partial charge in [0, 0.05) is 48.6 Å². The Morgan fingerprint density at radius 1 is 1.06 bits per heavy atom. The van der Waals surface area contributed by atoms with Gasteiger partial charge in [0.25, 0.3) is 11.6 Å². The zero-order valence-corrected chi connectivity index (χ0v) is 18.9. The molecule has 3 aromatic carbocycles. The number of methoxy groups -OCH3 is 1. The number of benzene rings is 3. The predicted octanol–water partition coefficient (Wildman–Crippen LogP) is 5.05. The summed E-state index contributed by atoms with van der Waals surface area (Å²) in [6.07, 6.45) is 1.39. The van der Waals surface area contributed by atoms with Crippen LogP contribution in [0.4, 0.5) is 15.8 Å². The van der Waals surface area contributed by atoms with Gasteiger partial charge >= 0.3 is 0 Å². The van der Waals surface area contributed by atoms with Crippen molar-refractivity contribution in [3.8, 4) is 5.75 Å². The maximum atomic E-state index is 13.6. The van der Waals surface area contributed by atoms with Gasteiger partial charge in [-0.15, -0.1) is 0 Å². The molecule has 8 heteroatoms. The minimum Gasteiger partial charge on any atom is -0.497 e. The van der Waals surface area contributed by atoms with Crippen LogP contribution < -0.4 is 9.64 Å². The molecule has 0 radical (unpaired) electrons. The summed E-state index contributed by atoms with van der Waals surface area (Å²) in [7, 11) is 1.57. The molecular formula is C26H26FN3O4. The molecule has 0 saturated carbocycles. The Bertz CT molecular complexity index is 1140. The Labute approximate surface area is 197 Å². The number of hydrogen-bond donors (Lipinski definition) is 0. The predicted molar refractivity (Wildman–Crippen MR) is 128 cm³/mol. The number of ether oxygens (including phenoxy) is 1. The third-order valence-corrected chi connectivity index (χ3v) is 6.17. The van der Waals surface area contributed by atoms with Crippen LogP contribution in [0.3, 0.4) is 0 Å². The topological polar surface area (TPSA) is 75.9 Å². The maximum absolute atomic E-state index is 13.6. The van der Waals surface area contributed by atoms with Crippen LogP contribution >= 0.6 is 0 Å². The van der Waals surface area contributed by atoms with Crippen LogP contribution in [0, 0.1) is 15.9 Å². The number of amides is 1. The monoisotopic (exact) mass is 463 g/mol. The van der Waals surface area contributed by atoms with Crippen molar-refractivity contribution in [2.75, 3.05) is 25.1 Å². The second-order valence-corrected chi connectivity index (χ2v) is 8.27. The van der Waals surface area contributed by atoms with Crippen molar-refractivity contribution in [3.05, 3.63) is 99.9 Å². The van der Waals surface area contributed by atoms with E-state index in [2.05, 4.69) is 4.90 Å². The van der Waals surface area contributed by atoms with E-state index in [9.17, 15) is 19.3 Å². The number of carbonyl (C=O) groups excluding carboxylic acids is 1. The number of nitro benzene ring substituents is 1. The van der Waals surface area contributed by atoms with Gasteiger partial charge in [-0.05, 0) is 61.4 Å². The van der Waals surface area contributed by atoms with Gasteiger partial charge in [0.15, 0.2) is 0 Å². The number of hydrogen-bond acceptors (Lipinski definition) is 5. The lowest BCUT2D eigenvalue weighted by Crippen LogP contribution is -2.47. The third-order valence-electron chi connectivity index (χ3n) is 6.17. The molecule has 0 bridgehead atoms. The van der Waals surface area contributed by atoms with Crippen LogP contribution in [-0.4, -0.2) is 42.0 Å². The molecular weight excluding hydrogens is 437 g/mol. The first-order valence-corrected chi connectivity index (χ1v) is 11.1. The van der Waals surface area contributed by atoms with Gasteiger partial charge in [-0.3, -0.25) is 19.8 Å². The summed E-state index contributed by atoms with van der Waals surface area (Å²) in [5, 5.41) is 11.3. The van der Waals surface area contributed by atoms with Crippen molar-refractivity contribution in [1.29, 1.82) is 0 Å². The molecule has 0 spiro atoms. The van der Waals surface area contributed by atoms with Crippen LogP contribution in [0.5, 0.6) is 5.75 Å². The first-order chi connectivity index (χ1) is 16.5. The van der Waals surface area contributed by atoms with Gasteiger partial charge in [0.1, 0.15) is 11.6 Å². The van der Waals surface area contributed by atoms with Crippen molar-refractivity contribution < 1.29 is 18.8 Å². The third kappa shape index (κ3) is 5.23. The number of nitrogens with zero attached hydrogens (tertiary/aromatic N) is 3. The highest BCUT2D eigenvalue weighted by atomic mass is 19.1. The molecule has 1 fully saturated rings. The smallest absolute Gasteiger partial charge is 0.273 e. The number of anilines is 1.